The van der Waals surface area contributed by atoms with Crippen LogP contribution < -0.4 is 9.64 Å². The molecule has 0 radical (unpaired) electrons. The number of rotatable bonds is 6. The van der Waals surface area contributed by atoms with Gasteiger partial charge in [-0.1, -0.05) is 25.2 Å². The summed E-state index contributed by atoms with van der Waals surface area (Å²) in [5, 5.41) is 14.5. The van der Waals surface area contributed by atoms with E-state index in [4.69, 9.17) is 14.8 Å². The number of methoxy groups -OCH3 is 1. The van der Waals surface area contributed by atoms with E-state index in [2.05, 4.69) is 66.5 Å². The number of H-pyrrole nitrogens is 1. The number of nitrogens with one attached hydrogen (secondary N) is 1. The van der Waals surface area contributed by atoms with Crippen molar-refractivity contribution in [3.05, 3.63) is 30.4 Å². The number of fused-ring (bicyclic) bond motifs is 1. The third-order valence-electron chi connectivity index (χ3n) is 6.90. The summed E-state index contributed by atoms with van der Waals surface area (Å²) in [5.41, 5.74) is 4.61. The van der Waals surface area contributed by atoms with E-state index in [1.54, 1.807) is 23.0 Å². The highest BCUT2D eigenvalue weighted by Gasteiger charge is 2.32. The first-order valence-corrected chi connectivity index (χ1v) is 13.0. The number of ether oxygens (including phenoxy) is 1. The molecule has 35 heavy (non-hydrogen) atoms. The molecule has 10 heteroatoms. The largest absolute Gasteiger partial charge is 0.493 e. The zero-order chi connectivity index (χ0) is 24.9. The first-order chi connectivity index (χ1) is 16.8. The molecule has 0 saturated carbocycles. The van der Waals surface area contributed by atoms with Crippen molar-refractivity contribution in [2.45, 2.75) is 65.6 Å². The summed E-state index contributed by atoms with van der Waals surface area (Å²) in [6.45, 7) is 15.6. The van der Waals surface area contributed by atoms with Crippen LogP contribution in [0.1, 0.15) is 53.0 Å². The number of piperazine rings is 1. The molecule has 9 nitrogen and oxygen atoms in total. The van der Waals surface area contributed by atoms with Gasteiger partial charge in [-0.2, -0.15) is 10.2 Å². The van der Waals surface area contributed by atoms with Crippen LogP contribution in [0.4, 0.5) is 5.00 Å². The minimum Gasteiger partial charge on any atom is -0.493 e. The van der Waals surface area contributed by atoms with Gasteiger partial charge in [0.05, 0.1) is 24.7 Å². The highest BCUT2D eigenvalue weighted by atomic mass is 32.1. The molecule has 4 aromatic heterocycles. The number of anilines is 1. The number of thiazole rings is 1. The average molecular weight is 495 g/mol. The molecule has 5 rings (SSSR count). The molecule has 0 unspecified atom stereocenters. The first-order valence-electron chi connectivity index (χ1n) is 12.2. The summed E-state index contributed by atoms with van der Waals surface area (Å²) in [6, 6.07) is 3.47. The molecule has 1 aliphatic heterocycles. The third kappa shape index (κ3) is 4.18. The first kappa shape index (κ1) is 23.7. The van der Waals surface area contributed by atoms with Crippen LogP contribution in [-0.2, 0) is 0 Å². The lowest BCUT2D eigenvalue weighted by molar-refractivity contribution is 0.129. The van der Waals surface area contributed by atoms with E-state index in [-0.39, 0.29) is 5.92 Å². The van der Waals surface area contributed by atoms with Crippen LogP contribution in [0.2, 0.25) is 0 Å². The molecular formula is C25H34N8OS. The fourth-order valence-electron chi connectivity index (χ4n) is 5.17. The van der Waals surface area contributed by atoms with Gasteiger partial charge in [-0.05, 0) is 39.7 Å². The molecule has 0 amide bonds. The zero-order valence-corrected chi connectivity index (χ0v) is 22.3. The summed E-state index contributed by atoms with van der Waals surface area (Å²) < 4.78 is 7.30. The van der Waals surface area contributed by atoms with Gasteiger partial charge in [0, 0.05) is 48.5 Å². The second-order valence-electron chi connectivity index (χ2n) is 9.99. The van der Waals surface area contributed by atoms with E-state index >= 15 is 0 Å². The fraction of sp³-hybridized carbons (Fsp3) is 0.520. The topological polar surface area (TPSA) is 87.5 Å². The summed E-state index contributed by atoms with van der Waals surface area (Å²) in [5.74, 6) is 0.913. The second-order valence-corrected chi connectivity index (χ2v) is 11.0. The Hall–Kier alpha value is -2.98. The smallest absolute Gasteiger partial charge is 0.197 e. The maximum Gasteiger partial charge on any atom is 0.197 e. The Morgan fingerprint density at radius 3 is 2.63 bits per heavy atom. The van der Waals surface area contributed by atoms with E-state index in [1.165, 1.54) is 11.3 Å². The van der Waals surface area contributed by atoms with Gasteiger partial charge in [0.25, 0.3) is 0 Å². The van der Waals surface area contributed by atoms with Crippen molar-refractivity contribution in [3.8, 4) is 27.7 Å². The lowest BCUT2D eigenvalue weighted by Gasteiger charge is -2.46. The monoisotopic (exact) mass is 494 g/mol. The van der Waals surface area contributed by atoms with Gasteiger partial charge >= 0.3 is 0 Å². The van der Waals surface area contributed by atoms with Gasteiger partial charge in [0.15, 0.2) is 11.4 Å². The van der Waals surface area contributed by atoms with Gasteiger partial charge < -0.3 is 9.64 Å². The van der Waals surface area contributed by atoms with Crippen LogP contribution in [0.3, 0.4) is 0 Å². The van der Waals surface area contributed by atoms with Crippen LogP contribution >= 0.6 is 11.3 Å². The van der Waals surface area contributed by atoms with Crippen LogP contribution in [0.5, 0.6) is 5.75 Å². The van der Waals surface area contributed by atoms with Crippen molar-refractivity contribution in [1.82, 2.24) is 34.7 Å². The maximum atomic E-state index is 5.57. The van der Waals surface area contributed by atoms with Gasteiger partial charge in [0.1, 0.15) is 16.3 Å². The lowest BCUT2D eigenvalue weighted by atomic mass is 9.97. The normalized spacial score (nSPS) is 19.4. The second kappa shape index (κ2) is 9.23. The molecule has 2 atom stereocenters. The van der Waals surface area contributed by atoms with E-state index in [9.17, 15) is 0 Å². The van der Waals surface area contributed by atoms with Gasteiger partial charge in [-0.25, -0.2) is 14.5 Å². The van der Waals surface area contributed by atoms with E-state index < -0.39 is 0 Å². The molecular weight excluding hydrogens is 460 g/mol. The number of nitrogens with zero attached hydrogens (tertiary/aromatic N) is 7. The Morgan fingerprint density at radius 1 is 1.11 bits per heavy atom. The Kier molecular flexibility index (Phi) is 6.27. The number of aromatic nitrogens is 6. The SMILES string of the molecule is COc1cc(-c2n[nH]c(-c3ncc(N4C[C@H](C)N(C(C)C)C[C@H]4C)s3)c2C(C)C)cn2ncnc12. The molecule has 5 heterocycles. The number of hydrogen-bond donors (Lipinski definition) is 1. The Bertz CT molecular complexity index is 1320. The number of pyridine rings is 1. The van der Waals surface area contributed by atoms with Crippen LogP contribution in [0, 0.1) is 0 Å². The molecule has 0 aromatic carbocycles. The zero-order valence-electron chi connectivity index (χ0n) is 21.5. The Labute approximate surface area is 210 Å². The van der Waals surface area contributed by atoms with Crippen LogP contribution in [0.15, 0.2) is 24.8 Å². The van der Waals surface area contributed by atoms with E-state index in [0.717, 1.165) is 40.6 Å². The summed E-state index contributed by atoms with van der Waals surface area (Å²) in [6.07, 6.45) is 5.49. The molecule has 1 fully saturated rings. The van der Waals surface area contributed by atoms with Crippen molar-refractivity contribution in [3.63, 3.8) is 0 Å². The predicted molar refractivity (Wildman–Crippen MR) is 140 cm³/mol. The molecule has 4 aromatic rings. The minimum absolute atomic E-state index is 0.247. The molecule has 0 spiro atoms. The quantitative estimate of drug-likeness (QED) is 0.416. The Morgan fingerprint density at radius 2 is 1.91 bits per heavy atom. The maximum absolute atomic E-state index is 5.57. The Balaban J connectivity index is 1.50. The van der Waals surface area contributed by atoms with E-state index in [1.807, 2.05) is 18.5 Å². The lowest BCUT2D eigenvalue weighted by Crippen LogP contribution is -2.58. The highest BCUT2D eigenvalue weighted by molar-refractivity contribution is 7.18. The van der Waals surface area contributed by atoms with Gasteiger partial charge in [-0.15, -0.1) is 0 Å². The third-order valence-corrected chi connectivity index (χ3v) is 7.96. The van der Waals surface area contributed by atoms with Crippen LogP contribution in [0.25, 0.3) is 27.6 Å². The van der Waals surface area contributed by atoms with Gasteiger partial charge in [-0.3, -0.25) is 10.00 Å². The summed E-state index contributed by atoms with van der Waals surface area (Å²) >= 11 is 1.73. The van der Waals surface area contributed by atoms with Gasteiger partial charge in [0.2, 0.25) is 0 Å². The standard InChI is InChI=1S/C25H34N8OS/c1-14(2)21-22(18-8-19(34-7)24-27-13-28-33(24)12-18)29-30-23(21)25-26-9-20(35-25)32-11-16(5)31(15(3)4)10-17(32)6/h8-9,12-17H,10-11H2,1-7H3,(H,29,30)/t16-,17+/m0/s1. The molecule has 0 bridgehead atoms. The average Bonchev–Trinajstić information content (AvgIpc) is 3.57. The summed E-state index contributed by atoms with van der Waals surface area (Å²) in [7, 11) is 1.65. The van der Waals surface area contributed by atoms with Crippen LogP contribution in [-0.4, -0.2) is 73.0 Å². The number of aromatic amines is 1. The molecule has 1 aliphatic rings. The minimum atomic E-state index is 0.247. The fourth-order valence-corrected chi connectivity index (χ4v) is 6.20. The van der Waals surface area contributed by atoms with E-state index in [0.29, 0.717) is 29.5 Å². The molecule has 1 N–H and O–H groups in total. The highest BCUT2D eigenvalue weighted by Crippen LogP contribution is 2.40. The number of hydrogen-bond acceptors (Lipinski definition) is 8. The van der Waals surface area contributed by atoms with Crippen molar-refractivity contribution in [2.75, 3.05) is 25.1 Å². The van der Waals surface area contributed by atoms with Crippen molar-refractivity contribution < 1.29 is 4.74 Å². The van der Waals surface area contributed by atoms with Crippen molar-refractivity contribution in [2.24, 2.45) is 0 Å². The predicted octanol–water partition coefficient (Wildman–Crippen LogP) is 4.68. The molecule has 186 valence electrons. The van der Waals surface area contributed by atoms with Crippen molar-refractivity contribution in [1.29, 1.82) is 0 Å². The summed E-state index contributed by atoms with van der Waals surface area (Å²) in [4.78, 5) is 14.2. The van der Waals surface area contributed by atoms with Crippen molar-refractivity contribution >= 4 is 22.0 Å². The molecule has 1 saturated heterocycles. The molecule has 0 aliphatic carbocycles.